The molecule has 0 aliphatic heterocycles. The molecule has 5 nitrogen and oxygen atoms in total. The molecule has 0 spiro atoms. The molecule has 2 aromatic rings. The highest BCUT2D eigenvalue weighted by Gasteiger charge is 2.32. The van der Waals surface area contributed by atoms with Gasteiger partial charge in [0.1, 0.15) is 5.75 Å². The molecule has 1 amide bonds. The standard InChI is InChI=1S/C17H22ClN3O2/c1-17(2,23-15-7-4-6-14(18)12-15)16(22)20(3)9-5-10-21-11-8-19-13-21/h4,6-8,11-13H,5,9-10H2,1-3H3. The quantitative estimate of drug-likeness (QED) is 0.780. The van der Waals surface area contributed by atoms with Crippen molar-refractivity contribution in [3.63, 3.8) is 0 Å². The van der Waals surface area contributed by atoms with Crippen LogP contribution in [0.3, 0.4) is 0 Å². The van der Waals surface area contributed by atoms with Crippen molar-refractivity contribution in [1.29, 1.82) is 0 Å². The first-order valence-corrected chi connectivity index (χ1v) is 7.92. The Balaban J connectivity index is 1.88. The summed E-state index contributed by atoms with van der Waals surface area (Å²) in [4.78, 5) is 18.3. The van der Waals surface area contributed by atoms with E-state index in [0.29, 0.717) is 17.3 Å². The highest BCUT2D eigenvalue weighted by molar-refractivity contribution is 6.30. The highest BCUT2D eigenvalue weighted by Crippen LogP contribution is 2.23. The molecule has 0 N–H and O–H groups in total. The second kappa shape index (κ2) is 7.51. The number of aryl methyl sites for hydroxylation is 1. The Morgan fingerprint density at radius 1 is 1.43 bits per heavy atom. The Kier molecular flexibility index (Phi) is 5.66. The maximum Gasteiger partial charge on any atom is 0.265 e. The molecule has 1 aromatic carbocycles. The molecular weight excluding hydrogens is 314 g/mol. The molecular formula is C17H22ClN3O2. The zero-order valence-electron chi connectivity index (χ0n) is 13.7. The van der Waals surface area contributed by atoms with Crippen LogP contribution in [0.25, 0.3) is 0 Å². The van der Waals surface area contributed by atoms with Crippen molar-refractivity contribution in [3.8, 4) is 5.75 Å². The van der Waals surface area contributed by atoms with Crippen LogP contribution >= 0.6 is 11.6 Å². The van der Waals surface area contributed by atoms with Crippen LogP contribution < -0.4 is 4.74 Å². The second-order valence-electron chi connectivity index (χ2n) is 5.95. The lowest BCUT2D eigenvalue weighted by Gasteiger charge is -2.30. The molecule has 6 heteroatoms. The van der Waals surface area contributed by atoms with Crippen molar-refractivity contribution in [2.75, 3.05) is 13.6 Å². The number of halogens is 1. The monoisotopic (exact) mass is 335 g/mol. The fourth-order valence-corrected chi connectivity index (χ4v) is 2.52. The van der Waals surface area contributed by atoms with Crippen molar-refractivity contribution in [2.45, 2.75) is 32.4 Å². The van der Waals surface area contributed by atoms with Crippen LogP contribution in [0.15, 0.2) is 43.0 Å². The topological polar surface area (TPSA) is 47.4 Å². The number of nitrogens with zero attached hydrogens (tertiary/aromatic N) is 3. The van der Waals surface area contributed by atoms with E-state index in [2.05, 4.69) is 4.98 Å². The van der Waals surface area contributed by atoms with Gasteiger partial charge in [-0.25, -0.2) is 4.98 Å². The van der Waals surface area contributed by atoms with Gasteiger partial charge in [0.15, 0.2) is 5.60 Å². The van der Waals surface area contributed by atoms with Gasteiger partial charge in [-0.3, -0.25) is 4.79 Å². The SMILES string of the molecule is CN(CCCn1ccnc1)C(=O)C(C)(C)Oc1cccc(Cl)c1. The number of carbonyl (C=O) groups is 1. The molecule has 23 heavy (non-hydrogen) atoms. The number of carbonyl (C=O) groups excluding carboxylic acids is 1. The van der Waals surface area contributed by atoms with Gasteiger partial charge in [0.25, 0.3) is 5.91 Å². The van der Waals surface area contributed by atoms with Gasteiger partial charge in [0.05, 0.1) is 6.33 Å². The Morgan fingerprint density at radius 3 is 2.87 bits per heavy atom. The largest absolute Gasteiger partial charge is 0.478 e. The van der Waals surface area contributed by atoms with E-state index in [9.17, 15) is 4.79 Å². The maximum atomic E-state index is 12.6. The predicted octanol–water partition coefficient (Wildman–Crippen LogP) is 3.24. The Labute approximate surface area is 141 Å². The molecule has 1 heterocycles. The first kappa shape index (κ1) is 17.3. The van der Waals surface area contributed by atoms with Gasteiger partial charge in [-0.2, -0.15) is 0 Å². The average molecular weight is 336 g/mol. The summed E-state index contributed by atoms with van der Waals surface area (Å²) in [5.74, 6) is 0.519. The van der Waals surface area contributed by atoms with Crippen LogP contribution in [0.2, 0.25) is 5.02 Å². The summed E-state index contributed by atoms with van der Waals surface area (Å²) in [6, 6.07) is 7.06. The lowest BCUT2D eigenvalue weighted by atomic mass is 10.1. The van der Waals surface area contributed by atoms with E-state index >= 15 is 0 Å². The molecule has 1 aromatic heterocycles. The number of hydrogen-bond acceptors (Lipinski definition) is 3. The molecule has 0 aliphatic carbocycles. The summed E-state index contributed by atoms with van der Waals surface area (Å²) in [5, 5.41) is 0.583. The van der Waals surface area contributed by atoms with Crippen LogP contribution in [-0.2, 0) is 11.3 Å². The van der Waals surface area contributed by atoms with E-state index in [-0.39, 0.29) is 5.91 Å². The Bertz CT molecular complexity index is 641. The molecule has 0 aliphatic rings. The summed E-state index contributed by atoms with van der Waals surface area (Å²) in [7, 11) is 1.79. The van der Waals surface area contributed by atoms with E-state index in [1.165, 1.54) is 0 Å². The molecule has 124 valence electrons. The molecule has 2 rings (SSSR count). The number of imidazole rings is 1. The Hall–Kier alpha value is -2.01. The predicted molar refractivity (Wildman–Crippen MR) is 90.6 cm³/mol. The van der Waals surface area contributed by atoms with E-state index in [1.807, 2.05) is 10.8 Å². The zero-order chi connectivity index (χ0) is 16.9. The number of amides is 1. The molecule has 0 radical (unpaired) electrons. The van der Waals surface area contributed by atoms with Gasteiger partial charge >= 0.3 is 0 Å². The minimum atomic E-state index is -0.950. The number of benzene rings is 1. The van der Waals surface area contributed by atoms with Crippen LogP contribution in [0.4, 0.5) is 0 Å². The van der Waals surface area contributed by atoms with Gasteiger partial charge < -0.3 is 14.2 Å². The van der Waals surface area contributed by atoms with Crippen LogP contribution in [0.5, 0.6) is 5.75 Å². The fourth-order valence-electron chi connectivity index (χ4n) is 2.34. The highest BCUT2D eigenvalue weighted by atomic mass is 35.5. The van der Waals surface area contributed by atoms with Gasteiger partial charge in [-0.1, -0.05) is 17.7 Å². The van der Waals surface area contributed by atoms with E-state index in [0.717, 1.165) is 13.0 Å². The van der Waals surface area contributed by atoms with Crippen LogP contribution in [0, 0.1) is 0 Å². The summed E-state index contributed by atoms with van der Waals surface area (Å²) in [6.45, 7) is 5.01. The van der Waals surface area contributed by atoms with Crippen molar-refractivity contribution < 1.29 is 9.53 Å². The number of rotatable bonds is 7. The molecule has 0 bridgehead atoms. The summed E-state index contributed by atoms with van der Waals surface area (Å²) < 4.78 is 7.82. The van der Waals surface area contributed by atoms with Crippen molar-refractivity contribution in [2.24, 2.45) is 0 Å². The maximum absolute atomic E-state index is 12.6. The third-order valence-electron chi connectivity index (χ3n) is 3.50. The van der Waals surface area contributed by atoms with Crippen molar-refractivity contribution >= 4 is 17.5 Å². The van der Waals surface area contributed by atoms with Gasteiger partial charge in [0.2, 0.25) is 0 Å². The minimum Gasteiger partial charge on any atom is -0.478 e. The van der Waals surface area contributed by atoms with Gasteiger partial charge in [-0.15, -0.1) is 0 Å². The summed E-state index contributed by atoms with van der Waals surface area (Å²) in [6.07, 6.45) is 6.28. The third-order valence-corrected chi connectivity index (χ3v) is 3.73. The minimum absolute atomic E-state index is 0.0666. The molecule has 0 atom stereocenters. The molecule has 0 saturated heterocycles. The van der Waals surface area contributed by atoms with E-state index in [4.69, 9.17) is 16.3 Å². The number of likely N-dealkylation sites (N-methyl/N-ethyl adjacent to an activating group) is 1. The van der Waals surface area contributed by atoms with E-state index in [1.54, 1.807) is 62.6 Å². The molecule has 0 saturated carbocycles. The zero-order valence-corrected chi connectivity index (χ0v) is 14.5. The van der Waals surface area contributed by atoms with Crippen LogP contribution in [-0.4, -0.2) is 39.6 Å². The first-order chi connectivity index (χ1) is 10.9. The van der Waals surface area contributed by atoms with Crippen molar-refractivity contribution in [1.82, 2.24) is 14.5 Å². The summed E-state index contributed by atoms with van der Waals surface area (Å²) in [5.41, 5.74) is -0.950. The van der Waals surface area contributed by atoms with Gasteiger partial charge in [-0.05, 0) is 38.5 Å². The number of hydrogen-bond donors (Lipinski definition) is 0. The van der Waals surface area contributed by atoms with E-state index < -0.39 is 5.60 Å². The first-order valence-electron chi connectivity index (χ1n) is 7.54. The van der Waals surface area contributed by atoms with Gasteiger partial charge in [0, 0.05) is 37.6 Å². The lowest BCUT2D eigenvalue weighted by molar-refractivity contribution is -0.144. The smallest absolute Gasteiger partial charge is 0.265 e. The summed E-state index contributed by atoms with van der Waals surface area (Å²) >= 11 is 5.95. The second-order valence-corrected chi connectivity index (χ2v) is 6.39. The Morgan fingerprint density at radius 2 is 2.22 bits per heavy atom. The molecule has 0 unspecified atom stereocenters. The number of ether oxygens (including phenoxy) is 1. The van der Waals surface area contributed by atoms with Crippen LogP contribution in [0.1, 0.15) is 20.3 Å². The third kappa shape index (κ3) is 4.99. The average Bonchev–Trinajstić information content (AvgIpc) is 2.99. The lowest BCUT2D eigenvalue weighted by Crippen LogP contribution is -2.47. The van der Waals surface area contributed by atoms with Crippen molar-refractivity contribution in [3.05, 3.63) is 48.0 Å². The normalized spacial score (nSPS) is 11.3. The fraction of sp³-hybridized carbons (Fsp3) is 0.412. The molecule has 0 fully saturated rings. The number of aromatic nitrogens is 2.